The molecule has 10 heavy (non-hydrogen) atoms. The fourth-order valence-electron chi connectivity index (χ4n) is 0.818. The molecule has 58 valence electrons. The SMILES string of the molecule is CC=CC(=O)CCCCC. The first-order chi connectivity index (χ1) is 4.81. The third-order valence-electron chi connectivity index (χ3n) is 1.38. The first-order valence-corrected chi connectivity index (χ1v) is 3.96. The van der Waals surface area contributed by atoms with E-state index in [0.29, 0.717) is 0 Å². The summed E-state index contributed by atoms with van der Waals surface area (Å²) in [5, 5.41) is 0. The van der Waals surface area contributed by atoms with E-state index in [2.05, 4.69) is 6.92 Å². The summed E-state index contributed by atoms with van der Waals surface area (Å²) in [7, 11) is 0. The van der Waals surface area contributed by atoms with Crippen LogP contribution in [0.3, 0.4) is 0 Å². The zero-order valence-corrected chi connectivity index (χ0v) is 6.89. The van der Waals surface area contributed by atoms with Crippen LogP contribution >= 0.6 is 0 Å². The van der Waals surface area contributed by atoms with Gasteiger partial charge in [-0.05, 0) is 19.4 Å². The minimum atomic E-state index is 0.260. The highest BCUT2D eigenvalue weighted by atomic mass is 16.1. The molecule has 0 atom stereocenters. The predicted molar refractivity (Wildman–Crippen MR) is 44.0 cm³/mol. The van der Waals surface area contributed by atoms with E-state index in [0.717, 1.165) is 12.8 Å². The van der Waals surface area contributed by atoms with Crippen LogP contribution < -0.4 is 0 Å². The molecule has 0 rings (SSSR count). The van der Waals surface area contributed by atoms with Crippen LogP contribution in [0.5, 0.6) is 0 Å². The first-order valence-electron chi connectivity index (χ1n) is 3.96. The minimum absolute atomic E-state index is 0.260. The summed E-state index contributed by atoms with van der Waals surface area (Å²) in [5.74, 6) is 0.260. The topological polar surface area (TPSA) is 17.1 Å². The smallest absolute Gasteiger partial charge is 0.155 e. The normalized spacial score (nSPS) is 10.6. The monoisotopic (exact) mass is 140 g/mol. The molecule has 0 N–H and O–H groups in total. The van der Waals surface area contributed by atoms with Crippen LogP contribution in [-0.4, -0.2) is 5.78 Å². The van der Waals surface area contributed by atoms with Crippen molar-refractivity contribution in [3.05, 3.63) is 12.2 Å². The molecule has 0 aromatic heterocycles. The standard InChI is InChI=1S/C9H16O/c1-3-5-6-8-9(10)7-4-2/h4,7H,3,5-6,8H2,1-2H3. The Balaban J connectivity index is 3.22. The molecular weight excluding hydrogens is 124 g/mol. The Morgan fingerprint density at radius 1 is 1.40 bits per heavy atom. The van der Waals surface area contributed by atoms with E-state index in [-0.39, 0.29) is 5.78 Å². The van der Waals surface area contributed by atoms with E-state index in [9.17, 15) is 4.79 Å². The summed E-state index contributed by atoms with van der Waals surface area (Å²) >= 11 is 0. The Morgan fingerprint density at radius 3 is 2.60 bits per heavy atom. The van der Waals surface area contributed by atoms with Crippen molar-refractivity contribution in [1.29, 1.82) is 0 Å². The van der Waals surface area contributed by atoms with Crippen molar-refractivity contribution in [1.82, 2.24) is 0 Å². The fraction of sp³-hybridized carbons (Fsp3) is 0.667. The van der Waals surface area contributed by atoms with E-state index in [1.807, 2.05) is 6.92 Å². The molecule has 0 spiro atoms. The Morgan fingerprint density at radius 2 is 2.10 bits per heavy atom. The average Bonchev–Trinajstić information content (AvgIpc) is 1.89. The van der Waals surface area contributed by atoms with Gasteiger partial charge in [0.25, 0.3) is 0 Å². The number of unbranched alkanes of at least 4 members (excludes halogenated alkanes) is 2. The van der Waals surface area contributed by atoms with Crippen LogP contribution in [-0.2, 0) is 4.79 Å². The molecule has 0 aliphatic rings. The van der Waals surface area contributed by atoms with Gasteiger partial charge >= 0.3 is 0 Å². The molecule has 0 aliphatic heterocycles. The maximum absolute atomic E-state index is 10.8. The second kappa shape index (κ2) is 6.53. The van der Waals surface area contributed by atoms with Gasteiger partial charge in [0.05, 0.1) is 0 Å². The van der Waals surface area contributed by atoms with E-state index in [4.69, 9.17) is 0 Å². The van der Waals surface area contributed by atoms with E-state index < -0.39 is 0 Å². The van der Waals surface area contributed by atoms with Crippen LogP contribution in [0.4, 0.5) is 0 Å². The zero-order valence-electron chi connectivity index (χ0n) is 6.89. The highest BCUT2D eigenvalue weighted by Gasteiger charge is 1.93. The van der Waals surface area contributed by atoms with Crippen molar-refractivity contribution in [2.24, 2.45) is 0 Å². The lowest BCUT2D eigenvalue weighted by Crippen LogP contribution is -1.90. The molecule has 0 fully saturated rings. The van der Waals surface area contributed by atoms with Crippen LogP contribution in [0.25, 0.3) is 0 Å². The van der Waals surface area contributed by atoms with Crippen molar-refractivity contribution < 1.29 is 4.79 Å². The van der Waals surface area contributed by atoms with Crippen LogP contribution in [0.2, 0.25) is 0 Å². The van der Waals surface area contributed by atoms with E-state index >= 15 is 0 Å². The van der Waals surface area contributed by atoms with Crippen molar-refractivity contribution in [2.45, 2.75) is 39.5 Å². The first kappa shape index (κ1) is 9.41. The largest absolute Gasteiger partial charge is 0.295 e. The molecule has 0 aromatic carbocycles. The molecule has 0 bridgehead atoms. The number of carbonyl (C=O) groups excluding carboxylic acids is 1. The number of ketones is 1. The van der Waals surface area contributed by atoms with Crippen molar-refractivity contribution in [3.63, 3.8) is 0 Å². The van der Waals surface area contributed by atoms with Gasteiger partial charge in [-0.15, -0.1) is 0 Å². The van der Waals surface area contributed by atoms with Crippen LogP contribution in [0, 0.1) is 0 Å². The maximum Gasteiger partial charge on any atom is 0.155 e. The second-order valence-electron chi connectivity index (χ2n) is 2.42. The molecule has 0 aliphatic carbocycles. The lowest BCUT2D eigenvalue weighted by atomic mass is 10.1. The number of allylic oxidation sites excluding steroid dienone is 2. The van der Waals surface area contributed by atoms with Crippen LogP contribution in [0.15, 0.2) is 12.2 Å². The number of hydrogen-bond acceptors (Lipinski definition) is 1. The molecule has 0 aromatic rings. The summed E-state index contributed by atoms with van der Waals surface area (Å²) in [6.45, 7) is 4.01. The molecule has 0 saturated carbocycles. The average molecular weight is 140 g/mol. The third kappa shape index (κ3) is 5.54. The molecule has 0 saturated heterocycles. The zero-order chi connectivity index (χ0) is 7.82. The Labute approximate surface area is 63.1 Å². The van der Waals surface area contributed by atoms with Gasteiger partial charge in [0.1, 0.15) is 0 Å². The number of carbonyl (C=O) groups is 1. The highest BCUT2D eigenvalue weighted by Crippen LogP contribution is 1.99. The molecule has 1 nitrogen and oxygen atoms in total. The molecule has 1 heteroatoms. The Bertz CT molecular complexity index is 114. The molecule has 0 amide bonds. The van der Waals surface area contributed by atoms with Gasteiger partial charge in [0, 0.05) is 6.42 Å². The number of rotatable bonds is 5. The minimum Gasteiger partial charge on any atom is -0.295 e. The molecular formula is C9H16O. The van der Waals surface area contributed by atoms with Crippen molar-refractivity contribution >= 4 is 5.78 Å². The summed E-state index contributed by atoms with van der Waals surface area (Å²) in [6.07, 6.45) is 7.56. The van der Waals surface area contributed by atoms with Gasteiger partial charge in [0.2, 0.25) is 0 Å². The third-order valence-corrected chi connectivity index (χ3v) is 1.38. The summed E-state index contributed by atoms with van der Waals surface area (Å²) in [6, 6.07) is 0. The Hall–Kier alpha value is -0.590. The van der Waals surface area contributed by atoms with Crippen molar-refractivity contribution in [2.75, 3.05) is 0 Å². The Kier molecular flexibility index (Phi) is 6.14. The van der Waals surface area contributed by atoms with Crippen molar-refractivity contribution in [3.8, 4) is 0 Å². The lowest BCUT2D eigenvalue weighted by Gasteiger charge is -1.92. The van der Waals surface area contributed by atoms with Gasteiger partial charge in [-0.25, -0.2) is 0 Å². The quantitative estimate of drug-likeness (QED) is 0.424. The van der Waals surface area contributed by atoms with Gasteiger partial charge in [0.15, 0.2) is 5.78 Å². The summed E-state index contributed by atoms with van der Waals surface area (Å²) in [5.41, 5.74) is 0. The van der Waals surface area contributed by atoms with Gasteiger partial charge in [-0.2, -0.15) is 0 Å². The molecule has 0 unspecified atom stereocenters. The van der Waals surface area contributed by atoms with E-state index in [1.165, 1.54) is 12.8 Å². The highest BCUT2D eigenvalue weighted by molar-refractivity contribution is 5.89. The molecule has 0 heterocycles. The summed E-state index contributed by atoms with van der Waals surface area (Å²) in [4.78, 5) is 10.8. The van der Waals surface area contributed by atoms with Gasteiger partial charge in [-0.3, -0.25) is 4.79 Å². The summed E-state index contributed by atoms with van der Waals surface area (Å²) < 4.78 is 0. The van der Waals surface area contributed by atoms with Gasteiger partial charge < -0.3 is 0 Å². The van der Waals surface area contributed by atoms with E-state index in [1.54, 1.807) is 12.2 Å². The molecule has 0 radical (unpaired) electrons. The maximum atomic E-state index is 10.8. The fourth-order valence-corrected chi connectivity index (χ4v) is 0.818. The predicted octanol–water partition coefficient (Wildman–Crippen LogP) is 2.71. The van der Waals surface area contributed by atoms with Gasteiger partial charge in [-0.1, -0.05) is 25.8 Å². The lowest BCUT2D eigenvalue weighted by molar-refractivity contribution is -0.114. The van der Waals surface area contributed by atoms with Crippen LogP contribution in [0.1, 0.15) is 39.5 Å². The number of hydrogen-bond donors (Lipinski definition) is 0. The second-order valence-corrected chi connectivity index (χ2v) is 2.42.